The molecule has 1 spiro atoms. The lowest BCUT2D eigenvalue weighted by atomic mass is 9.65. The zero-order valence-corrected chi connectivity index (χ0v) is 19.1. The molecule has 0 bridgehead atoms. The number of nitrogens with one attached hydrogen (secondary N) is 1. The summed E-state index contributed by atoms with van der Waals surface area (Å²) in [6.45, 7) is 12.2. The molecule has 0 aliphatic carbocycles. The van der Waals surface area contributed by atoms with E-state index in [0.717, 1.165) is 12.8 Å². The zero-order valence-electron chi connectivity index (χ0n) is 17.4. The monoisotopic (exact) mass is 424 g/mol. The van der Waals surface area contributed by atoms with Crippen molar-refractivity contribution in [3.63, 3.8) is 0 Å². The highest BCUT2D eigenvalue weighted by atomic mass is 32.2. The molecule has 3 rings (SSSR count). The molecule has 2 heterocycles. The minimum absolute atomic E-state index is 0.00988. The van der Waals surface area contributed by atoms with E-state index in [-0.39, 0.29) is 20.8 Å². The van der Waals surface area contributed by atoms with Crippen LogP contribution in [0.3, 0.4) is 0 Å². The molecule has 2 unspecified atom stereocenters. The molecule has 2 aliphatic rings. The quantitative estimate of drug-likeness (QED) is 0.748. The molecule has 1 aromatic rings. The summed E-state index contributed by atoms with van der Waals surface area (Å²) in [6, 6.07) is 8.57. The predicted molar refractivity (Wildman–Crippen MR) is 116 cm³/mol. The van der Waals surface area contributed by atoms with Crippen molar-refractivity contribution >= 4 is 28.8 Å². The Morgan fingerprint density at radius 1 is 1.25 bits per heavy atom. The Bertz CT molecular complexity index is 765. The Kier molecular flexibility index (Phi) is 5.92. The van der Waals surface area contributed by atoms with Gasteiger partial charge in [-0.15, -0.1) is 11.8 Å². The lowest BCUT2D eigenvalue weighted by Crippen LogP contribution is -2.51. The second kappa shape index (κ2) is 7.65. The molecule has 1 aromatic carbocycles. The molecule has 28 heavy (non-hydrogen) atoms. The third-order valence-corrected chi connectivity index (χ3v) is 9.11. The van der Waals surface area contributed by atoms with Gasteiger partial charge in [0.15, 0.2) is 0 Å². The first-order chi connectivity index (χ1) is 13.0. The van der Waals surface area contributed by atoms with Crippen LogP contribution in [0, 0.1) is 5.41 Å². The molecule has 7 heteroatoms. The van der Waals surface area contributed by atoms with E-state index in [1.54, 1.807) is 0 Å². The number of piperidine rings is 1. The third kappa shape index (κ3) is 4.12. The maximum atomic E-state index is 12.6. The third-order valence-electron chi connectivity index (χ3n) is 5.95. The minimum Gasteiger partial charge on any atom is -0.465 e. The second-order valence-corrected chi connectivity index (χ2v) is 13.1. The standard InChI is InChI=1S/C21H32N2O3S2/c1-19(2,3)28(26)22-14-20(4,5)17-15-8-6-7-9-16(15)27-21(17)10-12-23(13-11-21)18(24)25/h6-9,17,22H,10-14H2,1-5H3,(H,24,25). The van der Waals surface area contributed by atoms with Gasteiger partial charge in [0.2, 0.25) is 0 Å². The Morgan fingerprint density at radius 3 is 2.43 bits per heavy atom. The fourth-order valence-electron chi connectivity index (χ4n) is 4.54. The molecule has 1 saturated heterocycles. The van der Waals surface area contributed by atoms with Crippen molar-refractivity contribution in [1.82, 2.24) is 9.62 Å². The normalized spacial score (nSPS) is 22.9. The zero-order chi connectivity index (χ0) is 20.7. The van der Waals surface area contributed by atoms with Gasteiger partial charge in [0.25, 0.3) is 0 Å². The van der Waals surface area contributed by atoms with Crippen molar-refractivity contribution in [1.29, 1.82) is 0 Å². The molecule has 1 amide bonds. The fourth-order valence-corrected chi connectivity index (χ4v) is 7.32. The number of amides is 1. The van der Waals surface area contributed by atoms with Gasteiger partial charge in [-0.2, -0.15) is 0 Å². The molecule has 2 N–H and O–H groups in total. The Morgan fingerprint density at radius 2 is 1.86 bits per heavy atom. The first-order valence-corrected chi connectivity index (χ1v) is 11.8. The average Bonchev–Trinajstić information content (AvgIpc) is 2.93. The van der Waals surface area contributed by atoms with Gasteiger partial charge in [-0.1, -0.05) is 32.0 Å². The number of hydrogen-bond donors (Lipinski definition) is 2. The summed E-state index contributed by atoms with van der Waals surface area (Å²) in [4.78, 5) is 14.2. The number of hydrogen-bond acceptors (Lipinski definition) is 3. The van der Waals surface area contributed by atoms with Crippen LogP contribution in [0.1, 0.15) is 58.9 Å². The maximum absolute atomic E-state index is 12.6. The van der Waals surface area contributed by atoms with E-state index in [0.29, 0.717) is 19.6 Å². The number of likely N-dealkylation sites (tertiary alicyclic amines) is 1. The van der Waals surface area contributed by atoms with Crippen LogP contribution in [0.15, 0.2) is 29.2 Å². The van der Waals surface area contributed by atoms with Crippen LogP contribution >= 0.6 is 11.8 Å². The molecule has 156 valence electrons. The fraction of sp³-hybridized carbons (Fsp3) is 0.667. The maximum Gasteiger partial charge on any atom is 0.407 e. The highest BCUT2D eigenvalue weighted by Gasteiger charge is 2.54. The van der Waals surface area contributed by atoms with Gasteiger partial charge >= 0.3 is 6.09 Å². The first-order valence-electron chi connectivity index (χ1n) is 9.87. The number of thioether (sulfide) groups is 1. The van der Waals surface area contributed by atoms with Crippen molar-refractivity contribution in [3.05, 3.63) is 29.8 Å². The van der Waals surface area contributed by atoms with Gasteiger partial charge in [0, 0.05) is 35.2 Å². The van der Waals surface area contributed by atoms with E-state index in [1.165, 1.54) is 15.4 Å². The number of carboxylic acid groups (broad SMARTS) is 1. The number of fused-ring (bicyclic) bond motifs is 1. The summed E-state index contributed by atoms with van der Waals surface area (Å²) in [5.41, 5.74) is 1.23. The van der Waals surface area contributed by atoms with E-state index in [9.17, 15) is 14.1 Å². The van der Waals surface area contributed by atoms with Crippen molar-refractivity contribution in [2.24, 2.45) is 5.41 Å². The van der Waals surface area contributed by atoms with E-state index in [1.807, 2.05) is 32.5 Å². The van der Waals surface area contributed by atoms with E-state index >= 15 is 0 Å². The number of benzene rings is 1. The van der Waals surface area contributed by atoms with Crippen LogP contribution in [-0.2, 0) is 11.0 Å². The molecule has 0 radical (unpaired) electrons. The molecule has 0 saturated carbocycles. The summed E-state index contributed by atoms with van der Waals surface area (Å²) < 4.78 is 15.5. The van der Waals surface area contributed by atoms with Crippen molar-refractivity contribution in [2.45, 2.75) is 67.8 Å². The molecule has 1 fully saturated rings. The molecular formula is C21H32N2O3S2. The van der Waals surface area contributed by atoms with Crippen LogP contribution in [0.2, 0.25) is 0 Å². The largest absolute Gasteiger partial charge is 0.465 e. The molecule has 5 nitrogen and oxygen atoms in total. The number of carbonyl (C=O) groups is 1. The molecule has 2 aliphatic heterocycles. The highest BCUT2D eigenvalue weighted by Crippen LogP contribution is 2.63. The summed E-state index contributed by atoms with van der Waals surface area (Å²) in [5, 5.41) is 9.37. The lowest BCUT2D eigenvalue weighted by molar-refractivity contribution is 0.115. The van der Waals surface area contributed by atoms with Crippen LogP contribution in [0.4, 0.5) is 4.79 Å². The van der Waals surface area contributed by atoms with Crippen LogP contribution in [0.25, 0.3) is 0 Å². The predicted octanol–water partition coefficient (Wildman–Crippen LogP) is 4.47. The number of nitrogens with zero attached hydrogens (tertiary/aromatic N) is 1. The van der Waals surface area contributed by atoms with Crippen molar-refractivity contribution in [2.75, 3.05) is 19.6 Å². The van der Waals surface area contributed by atoms with Crippen LogP contribution in [-0.4, -0.2) is 49.4 Å². The summed E-state index contributed by atoms with van der Waals surface area (Å²) in [5.74, 6) is 0.279. The summed E-state index contributed by atoms with van der Waals surface area (Å²) in [6.07, 6.45) is 0.859. The summed E-state index contributed by atoms with van der Waals surface area (Å²) >= 11 is 1.92. The van der Waals surface area contributed by atoms with E-state index in [2.05, 4.69) is 42.8 Å². The van der Waals surface area contributed by atoms with Gasteiger partial charge in [0.05, 0.1) is 15.7 Å². The van der Waals surface area contributed by atoms with Gasteiger partial charge < -0.3 is 10.0 Å². The van der Waals surface area contributed by atoms with Crippen molar-refractivity contribution in [3.8, 4) is 0 Å². The van der Waals surface area contributed by atoms with Gasteiger partial charge in [-0.25, -0.2) is 13.7 Å². The molecule has 2 atom stereocenters. The first kappa shape index (κ1) is 21.7. The van der Waals surface area contributed by atoms with Crippen molar-refractivity contribution < 1.29 is 14.1 Å². The number of rotatable bonds is 4. The Hall–Kier alpha value is -1.05. The van der Waals surface area contributed by atoms with Gasteiger partial charge in [0.1, 0.15) is 0 Å². The Labute approximate surface area is 175 Å². The van der Waals surface area contributed by atoms with Crippen LogP contribution < -0.4 is 4.72 Å². The summed E-state index contributed by atoms with van der Waals surface area (Å²) in [7, 11) is -1.11. The highest BCUT2D eigenvalue weighted by molar-refractivity contribution is 8.01. The van der Waals surface area contributed by atoms with E-state index in [4.69, 9.17) is 0 Å². The molecule has 0 aromatic heterocycles. The SMILES string of the molecule is CC(C)(CNS(=O)C(C)(C)C)C1c2ccccc2SC12CCN(C(=O)O)CC2. The average molecular weight is 425 g/mol. The lowest BCUT2D eigenvalue weighted by Gasteiger charge is -2.47. The minimum atomic E-state index is -1.11. The topological polar surface area (TPSA) is 69.6 Å². The van der Waals surface area contributed by atoms with Gasteiger partial charge in [-0.3, -0.25) is 0 Å². The van der Waals surface area contributed by atoms with Gasteiger partial charge in [-0.05, 0) is 50.7 Å². The molecular weight excluding hydrogens is 392 g/mol. The second-order valence-electron chi connectivity index (χ2n) is 9.60. The smallest absolute Gasteiger partial charge is 0.407 e. The van der Waals surface area contributed by atoms with E-state index < -0.39 is 17.1 Å². The Balaban J connectivity index is 1.88. The van der Waals surface area contributed by atoms with Crippen LogP contribution in [0.5, 0.6) is 0 Å².